The number of halogens is 1. The lowest BCUT2D eigenvalue weighted by atomic mass is 9.99. The number of nitrogens with zero attached hydrogens (tertiary/aromatic N) is 6. The van der Waals surface area contributed by atoms with Crippen molar-refractivity contribution in [1.82, 2.24) is 24.9 Å². The van der Waals surface area contributed by atoms with Gasteiger partial charge in [0.2, 0.25) is 0 Å². The van der Waals surface area contributed by atoms with Crippen molar-refractivity contribution >= 4 is 40.6 Å². The van der Waals surface area contributed by atoms with E-state index in [1.807, 2.05) is 17.9 Å². The molecule has 45 heavy (non-hydrogen) atoms. The van der Waals surface area contributed by atoms with E-state index in [4.69, 9.17) is 25.5 Å². The summed E-state index contributed by atoms with van der Waals surface area (Å²) >= 11 is 6.13. The molecule has 2 aliphatic rings. The van der Waals surface area contributed by atoms with Gasteiger partial charge in [-0.3, -0.25) is 4.79 Å². The molecule has 0 bridgehead atoms. The predicted octanol–water partition coefficient (Wildman–Crippen LogP) is 1.00. The van der Waals surface area contributed by atoms with Crippen molar-refractivity contribution in [1.29, 1.82) is 0 Å². The van der Waals surface area contributed by atoms with Crippen LogP contribution in [0.25, 0.3) is 16.8 Å². The van der Waals surface area contributed by atoms with Crippen LogP contribution >= 0.6 is 11.6 Å². The van der Waals surface area contributed by atoms with Crippen LogP contribution in [0.2, 0.25) is 5.02 Å². The van der Waals surface area contributed by atoms with E-state index in [9.17, 15) is 30.0 Å². The Hall–Kier alpha value is -4.12. The van der Waals surface area contributed by atoms with Crippen molar-refractivity contribution in [3.8, 4) is 5.69 Å². The molecule has 0 radical (unpaired) electrons. The number of aliphatic hydroxyl groups is 3. The van der Waals surface area contributed by atoms with Crippen molar-refractivity contribution < 1.29 is 43.9 Å². The third-order valence-electron chi connectivity index (χ3n) is 7.94. The standard InChI is InChI=1S/C29H31ClN6O9/c1-15-2-4-20(36-31-7-8-32-36)18(12-15)26(40)35-11-10-34(29-33-19-13-16(30)3-5-21(19)44-29)9-6-17(35)14-43-28-24(39)22(37)23(38)25(45-28)27(41)42/h2-5,7-8,12-13,17,22-25,28,37-39H,6,9-11,14H2,1H3,(H,41,42)/t17-,22-,23-,24+,25-,28+/m0/s1. The highest BCUT2D eigenvalue weighted by atomic mass is 35.5. The second-order valence-corrected chi connectivity index (χ2v) is 11.4. The molecule has 2 saturated heterocycles. The molecule has 0 aliphatic carbocycles. The van der Waals surface area contributed by atoms with Gasteiger partial charge in [0.05, 0.1) is 36.3 Å². The summed E-state index contributed by atoms with van der Waals surface area (Å²) in [4.78, 5) is 35.4. The molecule has 2 aliphatic heterocycles. The monoisotopic (exact) mass is 642 g/mol. The molecule has 16 heteroatoms. The van der Waals surface area contributed by atoms with Gasteiger partial charge in [-0.2, -0.15) is 20.0 Å². The van der Waals surface area contributed by atoms with Crippen molar-refractivity contribution in [2.45, 2.75) is 50.1 Å². The second kappa shape index (κ2) is 12.7. The average molecular weight is 643 g/mol. The summed E-state index contributed by atoms with van der Waals surface area (Å²) in [6.07, 6.45) is -5.45. The molecular formula is C29H31ClN6O9. The van der Waals surface area contributed by atoms with Crippen LogP contribution < -0.4 is 4.90 Å². The number of carbonyl (C=O) groups is 2. The number of fused-ring (bicyclic) bond motifs is 1. The Bertz CT molecular complexity index is 1680. The number of carboxylic acid groups (broad SMARTS) is 1. The second-order valence-electron chi connectivity index (χ2n) is 10.9. The Morgan fingerprint density at radius 1 is 1.02 bits per heavy atom. The summed E-state index contributed by atoms with van der Waals surface area (Å²) in [6, 6.07) is 10.2. The van der Waals surface area contributed by atoms with Crippen LogP contribution in [-0.2, 0) is 14.3 Å². The number of benzene rings is 2. The number of hydrogen-bond acceptors (Lipinski definition) is 12. The van der Waals surface area contributed by atoms with Crippen molar-refractivity contribution in [2.24, 2.45) is 0 Å². The maximum absolute atomic E-state index is 14.3. The predicted molar refractivity (Wildman–Crippen MR) is 157 cm³/mol. The van der Waals surface area contributed by atoms with E-state index in [2.05, 4.69) is 15.2 Å². The van der Waals surface area contributed by atoms with Gasteiger partial charge in [0.15, 0.2) is 18.0 Å². The Morgan fingerprint density at radius 2 is 1.80 bits per heavy atom. The largest absolute Gasteiger partial charge is 0.479 e. The number of carboxylic acids is 1. The van der Waals surface area contributed by atoms with Gasteiger partial charge in [0.1, 0.15) is 23.8 Å². The molecule has 15 nitrogen and oxygen atoms in total. The van der Waals surface area contributed by atoms with Gasteiger partial charge in [0.25, 0.3) is 11.9 Å². The van der Waals surface area contributed by atoms with E-state index >= 15 is 0 Å². The maximum Gasteiger partial charge on any atom is 0.335 e. The van der Waals surface area contributed by atoms with E-state index in [-0.39, 0.29) is 19.1 Å². The van der Waals surface area contributed by atoms with Gasteiger partial charge in [-0.15, -0.1) is 0 Å². The zero-order chi connectivity index (χ0) is 31.8. The summed E-state index contributed by atoms with van der Waals surface area (Å²) in [7, 11) is 0. The highest BCUT2D eigenvalue weighted by Gasteiger charge is 2.48. The Morgan fingerprint density at radius 3 is 2.56 bits per heavy atom. The number of anilines is 1. The molecule has 6 atom stereocenters. The molecular weight excluding hydrogens is 612 g/mol. The minimum atomic E-state index is -1.86. The van der Waals surface area contributed by atoms with Gasteiger partial charge in [-0.1, -0.05) is 23.2 Å². The minimum absolute atomic E-state index is 0.194. The molecule has 1 amide bonds. The first-order valence-electron chi connectivity index (χ1n) is 14.2. The van der Waals surface area contributed by atoms with E-state index < -0.39 is 42.7 Å². The Labute approximate surface area is 261 Å². The lowest BCUT2D eigenvalue weighted by Crippen LogP contribution is -2.60. The number of ether oxygens (including phenoxy) is 2. The smallest absolute Gasteiger partial charge is 0.335 e. The molecule has 0 unspecified atom stereocenters. The molecule has 2 fully saturated rings. The summed E-state index contributed by atoms with van der Waals surface area (Å²) < 4.78 is 17.1. The molecule has 2 aromatic carbocycles. The fourth-order valence-corrected chi connectivity index (χ4v) is 5.69. The highest BCUT2D eigenvalue weighted by Crippen LogP contribution is 2.29. The maximum atomic E-state index is 14.3. The van der Waals surface area contributed by atoms with Gasteiger partial charge < -0.3 is 44.1 Å². The van der Waals surface area contributed by atoms with Gasteiger partial charge >= 0.3 is 5.97 Å². The first kappa shape index (κ1) is 30.9. The van der Waals surface area contributed by atoms with Gasteiger partial charge in [-0.05, 0) is 43.7 Å². The van der Waals surface area contributed by atoms with Crippen LogP contribution in [-0.4, -0.2) is 120 Å². The Kier molecular flexibility index (Phi) is 8.72. The molecule has 0 saturated carbocycles. The molecule has 6 rings (SSSR count). The number of aromatic nitrogens is 4. The lowest BCUT2D eigenvalue weighted by Gasteiger charge is -2.39. The summed E-state index contributed by atoms with van der Waals surface area (Å²) in [5.74, 6) is -1.86. The van der Waals surface area contributed by atoms with Crippen LogP contribution in [0.4, 0.5) is 6.01 Å². The summed E-state index contributed by atoms with van der Waals surface area (Å²) in [6.45, 7) is 2.62. The number of rotatable bonds is 7. The van der Waals surface area contributed by atoms with Gasteiger partial charge in [-0.25, -0.2) is 4.79 Å². The number of amides is 1. The van der Waals surface area contributed by atoms with E-state index in [0.717, 1.165) is 5.56 Å². The fourth-order valence-electron chi connectivity index (χ4n) is 5.53. The van der Waals surface area contributed by atoms with E-state index in [0.29, 0.717) is 52.9 Å². The minimum Gasteiger partial charge on any atom is -0.479 e. The van der Waals surface area contributed by atoms with Crippen molar-refractivity contribution in [3.05, 3.63) is 64.9 Å². The zero-order valence-electron chi connectivity index (χ0n) is 24.0. The molecule has 0 spiro atoms. The van der Waals surface area contributed by atoms with Crippen LogP contribution in [0.5, 0.6) is 0 Å². The number of aliphatic hydroxyl groups excluding tert-OH is 3. The van der Waals surface area contributed by atoms with Crippen LogP contribution in [0.15, 0.2) is 53.2 Å². The number of aliphatic carboxylic acids is 1. The number of oxazole rings is 1. The van der Waals surface area contributed by atoms with Crippen LogP contribution in [0.1, 0.15) is 22.3 Å². The Balaban J connectivity index is 1.29. The quantitative estimate of drug-likeness (QED) is 0.223. The van der Waals surface area contributed by atoms with Crippen LogP contribution in [0, 0.1) is 6.92 Å². The number of carbonyl (C=O) groups excluding carboxylic acids is 1. The highest BCUT2D eigenvalue weighted by molar-refractivity contribution is 6.31. The molecule has 2 aromatic heterocycles. The third-order valence-corrected chi connectivity index (χ3v) is 8.17. The topological polar surface area (TPSA) is 197 Å². The van der Waals surface area contributed by atoms with E-state index in [1.165, 1.54) is 17.2 Å². The van der Waals surface area contributed by atoms with Crippen molar-refractivity contribution in [3.63, 3.8) is 0 Å². The number of hydrogen-bond donors (Lipinski definition) is 4. The summed E-state index contributed by atoms with van der Waals surface area (Å²) in [5.41, 5.74) is 2.80. The third kappa shape index (κ3) is 6.22. The molecule has 4 aromatic rings. The first-order chi connectivity index (χ1) is 21.6. The van der Waals surface area contributed by atoms with E-state index in [1.54, 1.807) is 35.2 Å². The summed E-state index contributed by atoms with van der Waals surface area (Å²) in [5, 5.41) is 49.2. The first-order valence-corrected chi connectivity index (χ1v) is 14.6. The zero-order valence-corrected chi connectivity index (χ0v) is 24.8. The lowest BCUT2D eigenvalue weighted by molar-refractivity contribution is -0.295. The normalized spacial score (nSPS) is 25.8. The molecule has 4 heterocycles. The molecule has 238 valence electrons. The van der Waals surface area contributed by atoms with Crippen molar-refractivity contribution in [2.75, 3.05) is 31.1 Å². The fraction of sp³-hybridized carbons (Fsp3) is 0.414. The number of aryl methyl sites for hydroxylation is 1. The van der Waals surface area contributed by atoms with Gasteiger partial charge in [0, 0.05) is 24.7 Å². The SMILES string of the molecule is Cc1ccc(-n2nccn2)c(C(=O)N2CCN(c3nc4cc(Cl)ccc4o3)CC[C@H]2CO[C@@H]2O[C@H](C(=O)O)[C@@H](O)[C@H](O)[C@H]2O)c1. The van der Waals surface area contributed by atoms with Crippen LogP contribution in [0.3, 0.4) is 0 Å². The molecule has 4 N–H and O–H groups in total. The average Bonchev–Trinajstić information content (AvgIpc) is 3.65.